The van der Waals surface area contributed by atoms with Crippen molar-refractivity contribution < 1.29 is 4.74 Å². The van der Waals surface area contributed by atoms with Crippen molar-refractivity contribution in [1.82, 2.24) is 24.5 Å². The maximum atomic E-state index is 12.4. The van der Waals surface area contributed by atoms with E-state index in [-0.39, 0.29) is 5.56 Å². The number of pyridine rings is 1. The van der Waals surface area contributed by atoms with Gasteiger partial charge in [0.1, 0.15) is 5.69 Å². The van der Waals surface area contributed by atoms with Crippen molar-refractivity contribution in [3.05, 3.63) is 63.5 Å². The van der Waals surface area contributed by atoms with Crippen LogP contribution in [-0.4, -0.2) is 31.2 Å². The molecule has 0 amide bonds. The van der Waals surface area contributed by atoms with E-state index in [1.54, 1.807) is 13.1 Å². The van der Waals surface area contributed by atoms with E-state index in [2.05, 4.69) is 26.6 Å². The summed E-state index contributed by atoms with van der Waals surface area (Å²) in [5, 5.41) is 11.9. The molecule has 0 unspecified atom stereocenters. The molecule has 152 valence electrons. The molecule has 8 heteroatoms. The van der Waals surface area contributed by atoms with Gasteiger partial charge >= 0.3 is 0 Å². The standard InChI is InChI=1S/C21H26N6O2/c1-13-5-6-15(14(2)23-13)11-22-19-10-20(25-27(4)21(19)28)29-12-16-9-17(16)18-7-8-26(3)24-18/h5-8,10,16-17,22H,9,11-12H2,1-4H3/t16-,17+/m1/s1. The van der Waals surface area contributed by atoms with Crippen LogP contribution in [-0.2, 0) is 20.6 Å². The smallest absolute Gasteiger partial charge is 0.290 e. The molecule has 0 radical (unpaired) electrons. The first-order valence-corrected chi connectivity index (χ1v) is 9.78. The van der Waals surface area contributed by atoms with Crippen molar-refractivity contribution in [2.45, 2.75) is 32.7 Å². The normalized spacial score (nSPS) is 17.9. The van der Waals surface area contributed by atoms with E-state index >= 15 is 0 Å². The summed E-state index contributed by atoms with van der Waals surface area (Å²) in [4.78, 5) is 16.9. The molecule has 1 saturated carbocycles. The molecule has 3 heterocycles. The molecular weight excluding hydrogens is 368 g/mol. The molecule has 4 rings (SSSR count). The summed E-state index contributed by atoms with van der Waals surface area (Å²) < 4.78 is 9.03. The fourth-order valence-electron chi connectivity index (χ4n) is 3.49. The number of rotatable bonds is 7. The SMILES string of the molecule is Cc1ccc(CNc2cc(OC[C@H]3C[C@@H]3c3ccn(C)n3)nn(C)c2=O)c(C)n1. The molecule has 1 fully saturated rings. The number of hydrogen-bond donors (Lipinski definition) is 1. The van der Waals surface area contributed by atoms with Crippen molar-refractivity contribution in [3.8, 4) is 5.88 Å². The molecule has 0 saturated heterocycles. The Kier molecular flexibility index (Phi) is 5.08. The lowest BCUT2D eigenvalue weighted by molar-refractivity contribution is 0.278. The maximum Gasteiger partial charge on any atom is 0.290 e. The van der Waals surface area contributed by atoms with Crippen LogP contribution >= 0.6 is 0 Å². The lowest BCUT2D eigenvalue weighted by atomic mass is 10.2. The van der Waals surface area contributed by atoms with Crippen molar-refractivity contribution in [3.63, 3.8) is 0 Å². The van der Waals surface area contributed by atoms with Crippen LogP contribution in [0.2, 0.25) is 0 Å². The summed E-state index contributed by atoms with van der Waals surface area (Å²) in [5.74, 6) is 1.32. The average molecular weight is 394 g/mol. The van der Waals surface area contributed by atoms with Gasteiger partial charge in [0.15, 0.2) is 0 Å². The number of hydrogen-bond acceptors (Lipinski definition) is 6. The molecule has 0 bridgehead atoms. The predicted molar refractivity (Wildman–Crippen MR) is 110 cm³/mol. The van der Waals surface area contributed by atoms with E-state index in [0.717, 1.165) is 29.1 Å². The van der Waals surface area contributed by atoms with Crippen LogP contribution in [0.15, 0.2) is 35.3 Å². The van der Waals surface area contributed by atoms with Crippen LogP contribution in [0.1, 0.15) is 35.0 Å². The number of aromatic nitrogens is 5. The minimum absolute atomic E-state index is 0.187. The molecule has 3 aromatic rings. The van der Waals surface area contributed by atoms with Crippen LogP contribution < -0.4 is 15.6 Å². The first-order chi connectivity index (χ1) is 13.9. The number of nitrogens with one attached hydrogen (secondary N) is 1. The lowest BCUT2D eigenvalue weighted by Gasteiger charge is -2.12. The van der Waals surface area contributed by atoms with E-state index in [1.807, 2.05) is 43.9 Å². The zero-order valence-corrected chi connectivity index (χ0v) is 17.2. The Morgan fingerprint density at radius 1 is 1.21 bits per heavy atom. The Balaban J connectivity index is 1.40. The van der Waals surface area contributed by atoms with Crippen LogP contribution in [0, 0.1) is 19.8 Å². The van der Waals surface area contributed by atoms with Gasteiger partial charge in [0.05, 0.1) is 12.3 Å². The van der Waals surface area contributed by atoms with Gasteiger partial charge in [0.25, 0.3) is 5.56 Å². The zero-order chi connectivity index (χ0) is 20.5. The summed E-state index contributed by atoms with van der Waals surface area (Å²) in [6.07, 6.45) is 3.02. The van der Waals surface area contributed by atoms with Gasteiger partial charge in [-0.25, -0.2) is 4.68 Å². The molecule has 29 heavy (non-hydrogen) atoms. The predicted octanol–water partition coefficient (Wildman–Crippen LogP) is 2.32. The minimum atomic E-state index is -0.187. The lowest BCUT2D eigenvalue weighted by Crippen LogP contribution is -2.24. The molecule has 3 aromatic heterocycles. The van der Waals surface area contributed by atoms with Gasteiger partial charge in [0, 0.05) is 56.1 Å². The molecule has 1 aliphatic carbocycles. The van der Waals surface area contributed by atoms with Gasteiger partial charge in [-0.2, -0.15) is 5.10 Å². The fourth-order valence-corrected chi connectivity index (χ4v) is 3.49. The minimum Gasteiger partial charge on any atom is -0.476 e. The van der Waals surface area contributed by atoms with E-state index < -0.39 is 0 Å². The fraction of sp³-hybridized carbons (Fsp3) is 0.429. The third kappa shape index (κ3) is 4.31. The average Bonchev–Trinajstić information content (AvgIpc) is 3.33. The monoisotopic (exact) mass is 394 g/mol. The van der Waals surface area contributed by atoms with E-state index in [9.17, 15) is 4.79 Å². The highest BCUT2D eigenvalue weighted by atomic mass is 16.5. The first kappa shape index (κ1) is 19.2. The highest BCUT2D eigenvalue weighted by molar-refractivity contribution is 5.44. The number of nitrogens with zero attached hydrogens (tertiary/aromatic N) is 5. The third-order valence-electron chi connectivity index (χ3n) is 5.33. The Bertz CT molecular complexity index is 1090. The third-order valence-corrected chi connectivity index (χ3v) is 5.33. The van der Waals surface area contributed by atoms with Gasteiger partial charge < -0.3 is 10.1 Å². The van der Waals surface area contributed by atoms with E-state index in [1.165, 1.54) is 4.68 Å². The van der Waals surface area contributed by atoms with E-state index in [0.29, 0.717) is 36.6 Å². The second kappa shape index (κ2) is 7.69. The second-order valence-electron chi connectivity index (χ2n) is 7.70. The second-order valence-corrected chi connectivity index (χ2v) is 7.70. The molecule has 1 aliphatic rings. The quantitative estimate of drug-likeness (QED) is 0.662. The Morgan fingerprint density at radius 2 is 2.03 bits per heavy atom. The molecule has 1 N–H and O–H groups in total. The molecule has 0 aliphatic heterocycles. The highest BCUT2D eigenvalue weighted by Crippen LogP contribution is 2.46. The summed E-state index contributed by atoms with van der Waals surface area (Å²) in [5.41, 5.74) is 4.37. The van der Waals surface area contributed by atoms with Gasteiger partial charge in [-0.1, -0.05) is 6.07 Å². The van der Waals surface area contributed by atoms with Crippen LogP contribution in [0.25, 0.3) is 0 Å². The van der Waals surface area contributed by atoms with Gasteiger partial charge in [-0.05, 0) is 38.0 Å². The van der Waals surface area contributed by atoms with Crippen molar-refractivity contribution in [1.29, 1.82) is 0 Å². The van der Waals surface area contributed by atoms with Crippen molar-refractivity contribution in [2.75, 3.05) is 11.9 Å². The van der Waals surface area contributed by atoms with Gasteiger partial charge in [0.2, 0.25) is 5.88 Å². The van der Waals surface area contributed by atoms with Crippen LogP contribution in [0.4, 0.5) is 5.69 Å². The summed E-state index contributed by atoms with van der Waals surface area (Å²) in [7, 11) is 3.56. The molecule has 0 aromatic carbocycles. The van der Waals surface area contributed by atoms with Crippen LogP contribution in [0.5, 0.6) is 5.88 Å². The molecule has 2 atom stereocenters. The number of ether oxygens (including phenoxy) is 1. The Labute approximate surface area is 169 Å². The zero-order valence-electron chi connectivity index (χ0n) is 17.2. The highest BCUT2D eigenvalue weighted by Gasteiger charge is 2.40. The topological polar surface area (TPSA) is 86.9 Å². The molecular formula is C21H26N6O2. The molecule has 0 spiro atoms. The summed E-state index contributed by atoms with van der Waals surface area (Å²) >= 11 is 0. The largest absolute Gasteiger partial charge is 0.476 e. The van der Waals surface area contributed by atoms with Crippen LogP contribution in [0.3, 0.4) is 0 Å². The van der Waals surface area contributed by atoms with Crippen molar-refractivity contribution in [2.24, 2.45) is 20.0 Å². The van der Waals surface area contributed by atoms with Gasteiger partial charge in [-0.15, -0.1) is 5.10 Å². The maximum absolute atomic E-state index is 12.4. The van der Waals surface area contributed by atoms with Crippen molar-refractivity contribution >= 4 is 5.69 Å². The summed E-state index contributed by atoms with van der Waals surface area (Å²) in [6, 6.07) is 7.73. The summed E-state index contributed by atoms with van der Waals surface area (Å²) in [6.45, 7) is 5.01. The number of anilines is 1. The molecule has 8 nitrogen and oxygen atoms in total. The Hall–Kier alpha value is -3.16. The number of aryl methyl sites for hydroxylation is 4. The first-order valence-electron chi connectivity index (χ1n) is 9.78. The van der Waals surface area contributed by atoms with Gasteiger partial charge in [-0.3, -0.25) is 14.5 Å². The Morgan fingerprint density at radius 3 is 2.76 bits per heavy atom. The van der Waals surface area contributed by atoms with E-state index in [4.69, 9.17) is 4.74 Å².